The molecule has 3 unspecified atom stereocenters. The van der Waals surface area contributed by atoms with Crippen LogP contribution in [0.5, 0.6) is 0 Å². The largest absolute Gasteiger partial charge is 0.444 e. The van der Waals surface area contributed by atoms with Crippen LogP contribution in [0.15, 0.2) is 0 Å². The van der Waals surface area contributed by atoms with E-state index in [0.29, 0.717) is 12.1 Å². The van der Waals surface area contributed by atoms with Gasteiger partial charge in [0.15, 0.2) is 0 Å². The van der Waals surface area contributed by atoms with Gasteiger partial charge in [-0.25, -0.2) is 4.79 Å². The Bertz CT molecular complexity index is 276. The second-order valence-corrected chi connectivity index (χ2v) is 5.94. The van der Waals surface area contributed by atoms with E-state index in [9.17, 15) is 4.79 Å². The molecule has 1 aliphatic carbocycles. The molecule has 0 aromatic rings. The van der Waals surface area contributed by atoms with E-state index in [0.717, 1.165) is 19.4 Å². The number of amides is 1. The molecule has 0 bridgehead atoms. The number of alkyl carbamates (subject to hydrolysis) is 1. The average Bonchev–Trinajstić information content (AvgIpc) is 2.90. The lowest BCUT2D eigenvalue weighted by atomic mass is 10.2. The van der Waals surface area contributed by atoms with Crippen molar-refractivity contribution in [1.82, 2.24) is 10.6 Å². The first kappa shape index (κ1) is 15.2. The average molecular weight is 258 g/mol. The van der Waals surface area contributed by atoms with E-state index in [2.05, 4.69) is 17.6 Å². The summed E-state index contributed by atoms with van der Waals surface area (Å²) in [7, 11) is 1.71. The molecule has 0 aromatic carbocycles. The van der Waals surface area contributed by atoms with Crippen LogP contribution in [0.25, 0.3) is 0 Å². The lowest BCUT2D eigenvalue weighted by molar-refractivity contribution is 0.0521. The molecule has 5 nitrogen and oxygen atoms in total. The maximum absolute atomic E-state index is 11.5. The van der Waals surface area contributed by atoms with Crippen molar-refractivity contribution in [2.45, 2.75) is 64.3 Å². The third kappa shape index (κ3) is 6.21. The standard InChI is InChI=1S/C13H26N2O3/c1-9(6-7-17-5)14-10-8-11(10)15-12(16)18-13(2,3)4/h9-11,14H,6-8H2,1-5H3,(H,15,16). The molecule has 0 radical (unpaired) electrons. The minimum Gasteiger partial charge on any atom is -0.444 e. The summed E-state index contributed by atoms with van der Waals surface area (Å²) in [6.07, 6.45) is 1.62. The highest BCUT2D eigenvalue weighted by Gasteiger charge is 2.39. The lowest BCUT2D eigenvalue weighted by Gasteiger charge is -2.20. The number of methoxy groups -OCH3 is 1. The molecule has 1 fully saturated rings. The first-order chi connectivity index (χ1) is 8.31. The van der Waals surface area contributed by atoms with Crippen molar-refractivity contribution in [2.75, 3.05) is 13.7 Å². The number of hydrogen-bond donors (Lipinski definition) is 2. The van der Waals surface area contributed by atoms with Gasteiger partial charge in [-0.2, -0.15) is 0 Å². The van der Waals surface area contributed by atoms with Gasteiger partial charge in [-0.3, -0.25) is 0 Å². The highest BCUT2D eigenvalue weighted by molar-refractivity contribution is 5.68. The van der Waals surface area contributed by atoms with Crippen molar-refractivity contribution in [3.63, 3.8) is 0 Å². The SMILES string of the molecule is COCCC(C)NC1CC1NC(=O)OC(C)(C)C. The molecule has 5 heteroatoms. The quantitative estimate of drug-likeness (QED) is 0.761. The fraction of sp³-hybridized carbons (Fsp3) is 0.923. The van der Waals surface area contributed by atoms with E-state index in [-0.39, 0.29) is 12.1 Å². The van der Waals surface area contributed by atoms with Gasteiger partial charge in [0.2, 0.25) is 0 Å². The Balaban J connectivity index is 2.15. The molecular formula is C13H26N2O3. The van der Waals surface area contributed by atoms with Gasteiger partial charge in [-0.1, -0.05) is 0 Å². The number of carbonyl (C=O) groups excluding carboxylic acids is 1. The van der Waals surface area contributed by atoms with E-state index >= 15 is 0 Å². The number of ether oxygens (including phenoxy) is 2. The van der Waals surface area contributed by atoms with Gasteiger partial charge >= 0.3 is 6.09 Å². The maximum Gasteiger partial charge on any atom is 0.407 e. The Kier molecular flexibility index (Phi) is 5.41. The molecule has 0 aliphatic heterocycles. The van der Waals surface area contributed by atoms with Crippen LogP contribution in [0.1, 0.15) is 40.5 Å². The summed E-state index contributed by atoms with van der Waals surface area (Å²) in [4.78, 5) is 11.5. The zero-order valence-electron chi connectivity index (χ0n) is 12.1. The highest BCUT2D eigenvalue weighted by Crippen LogP contribution is 2.22. The first-order valence-corrected chi connectivity index (χ1v) is 6.56. The van der Waals surface area contributed by atoms with Crippen LogP contribution >= 0.6 is 0 Å². The van der Waals surface area contributed by atoms with Crippen LogP contribution in [0.2, 0.25) is 0 Å². The van der Waals surface area contributed by atoms with Crippen molar-refractivity contribution in [2.24, 2.45) is 0 Å². The topological polar surface area (TPSA) is 59.6 Å². The summed E-state index contributed by atoms with van der Waals surface area (Å²) in [5, 5.41) is 6.32. The van der Waals surface area contributed by atoms with Crippen molar-refractivity contribution in [3.05, 3.63) is 0 Å². The van der Waals surface area contributed by atoms with Gasteiger partial charge in [0.05, 0.1) is 0 Å². The molecule has 1 amide bonds. The fourth-order valence-electron chi connectivity index (χ4n) is 1.74. The monoisotopic (exact) mass is 258 g/mol. The second-order valence-electron chi connectivity index (χ2n) is 5.94. The normalized spacial score (nSPS) is 24.5. The van der Waals surface area contributed by atoms with Crippen molar-refractivity contribution >= 4 is 6.09 Å². The fourth-order valence-corrected chi connectivity index (χ4v) is 1.74. The Morgan fingerprint density at radius 1 is 1.39 bits per heavy atom. The molecule has 0 aromatic heterocycles. The Morgan fingerprint density at radius 2 is 2.06 bits per heavy atom. The van der Waals surface area contributed by atoms with Gasteiger partial charge in [0, 0.05) is 31.8 Å². The maximum atomic E-state index is 11.5. The summed E-state index contributed by atoms with van der Waals surface area (Å²) < 4.78 is 10.2. The Morgan fingerprint density at radius 3 is 2.61 bits per heavy atom. The third-order valence-electron chi connectivity index (χ3n) is 2.75. The predicted molar refractivity (Wildman–Crippen MR) is 70.7 cm³/mol. The number of hydrogen-bond acceptors (Lipinski definition) is 4. The summed E-state index contributed by atoms with van der Waals surface area (Å²) in [5.41, 5.74) is -0.437. The minimum atomic E-state index is -0.437. The van der Waals surface area contributed by atoms with Crippen molar-refractivity contribution in [3.8, 4) is 0 Å². The summed E-state index contributed by atoms with van der Waals surface area (Å²) in [6.45, 7) is 8.47. The van der Waals surface area contributed by atoms with Gasteiger partial charge in [0.1, 0.15) is 5.60 Å². The molecule has 2 N–H and O–H groups in total. The third-order valence-corrected chi connectivity index (χ3v) is 2.75. The number of carbonyl (C=O) groups is 1. The molecule has 18 heavy (non-hydrogen) atoms. The number of rotatable bonds is 6. The van der Waals surface area contributed by atoms with Gasteiger partial charge in [-0.15, -0.1) is 0 Å². The smallest absolute Gasteiger partial charge is 0.407 e. The van der Waals surface area contributed by atoms with E-state index in [1.165, 1.54) is 0 Å². The van der Waals surface area contributed by atoms with Crippen molar-refractivity contribution in [1.29, 1.82) is 0 Å². The molecule has 0 spiro atoms. The van der Waals surface area contributed by atoms with E-state index < -0.39 is 5.60 Å². The molecule has 3 atom stereocenters. The van der Waals surface area contributed by atoms with Crippen LogP contribution < -0.4 is 10.6 Å². The molecular weight excluding hydrogens is 232 g/mol. The first-order valence-electron chi connectivity index (χ1n) is 6.56. The van der Waals surface area contributed by atoms with Crippen LogP contribution in [-0.2, 0) is 9.47 Å². The molecule has 1 rings (SSSR count). The van der Waals surface area contributed by atoms with Crippen molar-refractivity contribution < 1.29 is 14.3 Å². The summed E-state index contributed by atoms with van der Waals surface area (Å²) in [6, 6.07) is 0.967. The summed E-state index contributed by atoms with van der Waals surface area (Å²) in [5.74, 6) is 0. The molecule has 1 saturated carbocycles. The van der Waals surface area contributed by atoms with Gasteiger partial charge in [-0.05, 0) is 40.5 Å². The second kappa shape index (κ2) is 6.38. The van der Waals surface area contributed by atoms with Crippen LogP contribution in [0, 0.1) is 0 Å². The molecule has 106 valence electrons. The molecule has 0 heterocycles. The van der Waals surface area contributed by atoms with Crippen LogP contribution in [0.4, 0.5) is 4.79 Å². The number of nitrogens with one attached hydrogen (secondary N) is 2. The van der Waals surface area contributed by atoms with E-state index in [4.69, 9.17) is 9.47 Å². The summed E-state index contributed by atoms with van der Waals surface area (Å²) >= 11 is 0. The Hall–Kier alpha value is -0.810. The van der Waals surface area contributed by atoms with Gasteiger partial charge in [0.25, 0.3) is 0 Å². The minimum absolute atomic E-state index is 0.199. The zero-order chi connectivity index (χ0) is 13.8. The van der Waals surface area contributed by atoms with E-state index in [1.807, 2.05) is 20.8 Å². The highest BCUT2D eigenvalue weighted by atomic mass is 16.6. The molecule has 1 aliphatic rings. The van der Waals surface area contributed by atoms with Crippen LogP contribution in [0.3, 0.4) is 0 Å². The predicted octanol–water partition coefficient (Wildman–Crippen LogP) is 1.67. The lowest BCUT2D eigenvalue weighted by Crippen LogP contribution is -2.38. The zero-order valence-corrected chi connectivity index (χ0v) is 12.1. The van der Waals surface area contributed by atoms with E-state index in [1.54, 1.807) is 7.11 Å². The van der Waals surface area contributed by atoms with Gasteiger partial charge < -0.3 is 20.1 Å². The molecule has 0 saturated heterocycles. The van der Waals surface area contributed by atoms with Crippen LogP contribution in [-0.4, -0.2) is 43.5 Å². The Labute approximate surface area is 110 Å².